The van der Waals surface area contributed by atoms with Crippen molar-refractivity contribution < 1.29 is 19.0 Å². The fourth-order valence-corrected chi connectivity index (χ4v) is 1.51. The lowest BCUT2D eigenvalue weighted by Gasteiger charge is -2.23. The second kappa shape index (κ2) is 5.93. The quantitative estimate of drug-likeness (QED) is 0.781. The number of aliphatic hydroxyl groups is 1. The molecule has 1 aromatic carbocycles. The highest BCUT2D eigenvalue weighted by Gasteiger charge is 2.31. The molecule has 1 rings (SSSR count). The lowest BCUT2D eigenvalue weighted by Crippen LogP contribution is -2.46. The molecule has 0 bridgehead atoms. The van der Waals surface area contributed by atoms with Crippen LogP contribution in [0.15, 0.2) is 24.3 Å². The molecule has 1 unspecified atom stereocenters. The zero-order chi connectivity index (χ0) is 13.8. The van der Waals surface area contributed by atoms with Gasteiger partial charge in [-0.3, -0.25) is 0 Å². The fourth-order valence-electron chi connectivity index (χ4n) is 1.51. The van der Waals surface area contributed by atoms with E-state index in [2.05, 4.69) is 10.1 Å². The van der Waals surface area contributed by atoms with Crippen LogP contribution in [0, 0.1) is 5.82 Å². The van der Waals surface area contributed by atoms with Gasteiger partial charge in [0.15, 0.2) is 5.60 Å². The van der Waals surface area contributed by atoms with Gasteiger partial charge in [0.25, 0.3) is 0 Å². The molecule has 0 saturated heterocycles. The van der Waals surface area contributed by atoms with Crippen molar-refractivity contribution in [3.05, 3.63) is 35.6 Å². The van der Waals surface area contributed by atoms with Gasteiger partial charge in [0.05, 0.1) is 7.11 Å². The molecule has 1 aromatic rings. The summed E-state index contributed by atoms with van der Waals surface area (Å²) in [5.74, 6) is -0.992. The normalized spacial score (nSPS) is 15.8. The lowest BCUT2D eigenvalue weighted by atomic mass is 10.0. The van der Waals surface area contributed by atoms with Gasteiger partial charge in [-0.1, -0.05) is 12.1 Å². The summed E-state index contributed by atoms with van der Waals surface area (Å²) >= 11 is 0. The van der Waals surface area contributed by atoms with Crippen molar-refractivity contribution in [1.82, 2.24) is 5.32 Å². The first kappa shape index (κ1) is 14.6. The number of hydrogen-bond donors (Lipinski definition) is 2. The Kier molecular flexibility index (Phi) is 4.81. The number of rotatable bonds is 5. The number of carbonyl (C=O) groups excluding carboxylic acids is 1. The number of carbonyl (C=O) groups is 1. The zero-order valence-corrected chi connectivity index (χ0v) is 10.7. The molecule has 0 heterocycles. The van der Waals surface area contributed by atoms with Crippen LogP contribution in [0.25, 0.3) is 0 Å². The predicted octanol–water partition coefficient (Wildman–Crippen LogP) is 1.40. The Labute approximate surface area is 106 Å². The van der Waals surface area contributed by atoms with Crippen molar-refractivity contribution >= 4 is 5.97 Å². The minimum Gasteiger partial charge on any atom is -0.467 e. The van der Waals surface area contributed by atoms with Gasteiger partial charge in [0, 0.05) is 12.6 Å². The molecule has 5 heteroatoms. The molecule has 0 radical (unpaired) electrons. The molecule has 0 aliphatic heterocycles. The van der Waals surface area contributed by atoms with Crippen molar-refractivity contribution in [2.75, 3.05) is 13.7 Å². The second-order valence-corrected chi connectivity index (χ2v) is 4.42. The van der Waals surface area contributed by atoms with Gasteiger partial charge in [-0.25, -0.2) is 9.18 Å². The van der Waals surface area contributed by atoms with Gasteiger partial charge in [-0.05, 0) is 31.5 Å². The molecule has 0 spiro atoms. The maximum absolute atomic E-state index is 12.8. The highest BCUT2D eigenvalue weighted by atomic mass is 19.1. The van der Waals surface area contributed by atoms with Crippen LogP contribution < -0.4 is 5.32 Å². The Hall–Kier alpha value is -1.46. The van der Waals surface area contributed by atoms with E-state index in [9.17, 15) is 14.3 Å². The van der Waals surface area contributed by atoms with Crippen molar-refractivity contribution in [2.24, 2.45) is 0 Å². The third-order valence-corrected chi connectivity index (χ3v) is 2.75. The lowest BCUT2D eigenvalue weighted by molar-refractivity contribution is -0.160. The Bertz CT molecular complexity index is 403. The first-order chi connectivity index (χ1) is 8.36. The van der Waals surface area contributed by atoms with E-state index in [1.807, 2.05) is 6.92 Å². The van der Waals surface area contributed by atoms with Gasteiger partial charge in [0.1, 0.15) is 5.82 Å². The monoisotopic (exact) mass is 255 g/mol. The van der Waals surface area contributed by atoms with Crippen LogP contribution in [0.3, 0.4) is 0 Å². The van der Waals surface area contributed by atoms with Crippen molar-refractivity contribution in [1.29, 1.82) is 0 Å². The molecule has 0 fully saturated rings. The average Bonchev–Trinajstić information content (AvgIpc) is 2.35. The van der Waals surface area contributed by atoms with Crippen molar-refractivity contribution in [2.45, 2.75) is 25.5 Å². The number of nitrogens with one attached hydrogen (secondary N) is 1. The summed E-state index contributed by atoms with van der Waals surface area (Å²) in [6, 6.07) is 5.93. The highest BCUT2D eigenvalue weighted by Crippen LogP contribution is 2.14. The van der Waals surface area contributed by atoms with Crippen LogP contribution in [0.2, 0.25) is 0 Å². The Morgan fingerprint density at radius 3 is 2.56 bits per heavy atom. The van der Waals surface area contributed by atoms with Gasteiger partial charge in [-0.15, -0.1) is 0 Å². The second-order valence-electron chi connectivity index (χ2n) is 4.42. The van der Waals surface area contributed by atoms with Gasteiger partial charge >= 0.3 is 5.97 Å². The molecule has 0 aliphatic carbocycles. The summed E-state index contributed by atoms with van der Waals surface area (Å²) in [5, 5.41) is 12.8. The predicted molar refractivity (Wildman–Crippen MR) is 65.5 cm³/mol. The van der Waals surface area contributed by atoms with E-state index in [1.54, 1.807) is 12.1 Å². The summed E-state index contributed by atoms with van der Waals surface area (Å²) in [7, 11) is 1.22. The number of ether oxygens (including phenoxy) is 1. The van der Waals surface area contributed by atoms with Gasteiger partial charge in [0.2, 0.25) is 0 Å². The van der Waals surface area contributed by atoms with Crippen LogP contribution in [0.4, 0.5) is 4.39 Å². The number of hydrogen-bond acceptors (Lipinski definition) is 4. The van der Waals surface area contributed by atoms with Crippen LogP contribution in [0.1, 0.15) is 25.5 Å². The largest absolute Gasteiger partial charge is 0.467 e. The first-order valence-electron chi connectivity index (χ1n) is 5.66. The molecule has 0 amide bonds. The standard InChI is InChI=1S/C13H18FNO3/c1-9(10-4-6-11(14)7-5-10)15-8-13(2,17)12(16)18-3/h4-7,9,15,17H,8H2,1-3H3/t9-,13?/m0/s1. The van der Waals surface area contributed by atoms with E-state index in [4.69, 9.17) is 0 Å². The molecule has 100 valence electrons. The number of methoxy groups -OCH3 is 1. The van der Waals surface area contributed by atoms with Crippen LogP contribution in [-0.4, -0.2) is 30.3 Å². The Morgan fingerprint density at radius 1 is 1.50 bits per heavy atom. The number of benzene rings is 1. The van der Waals surface area contributed by atoms with E-state index in [1.165, 1.54) is 26.2 Å². The smallest absolute Gasteiger partial charge is 0.338 e. The molecule has 18 heavy (non-hydrogen) atoms. The van der Waals surface area contributed by atoms with Gasteiger partial charge < -0.3 is 15.2 Å². The summed E-state index contributed by atoms with van der Waals surface area (Å²) in [6.45, 7) is 3.29. The average molecular weight is 255 g/mol. The minimum atomic E-state index is -1.58. The molecule has 0 aliphatic rings. The third-order valence-electron chi connectivity index (χ3n) is 2.75. The van der Waals surface area contributed by atoms with Crippen LogP contribution >= 0.6 is 0 Å². The maximum atomic E-state index is 12.8. The van der Waals surface area contributed by atoms with Crippen molar-refractivity contribution in [3.8, 4) is 0 Å². The SMILES string of the molecule is COC(=O)C(C)(O)CN[C@@H](C)c1ccc(F)cc1. The van der Waals surface area contributed by atoms with E-state index in [-0.39, 0.29) is 18.4 Å². The van der Waals surface area contributed by atoms with E-state index in [0.717, 1.165) is 5.56 Å². The highest BCUT2D eigenvalue weighted by molar-refractivity contribution is 5.78. The molecule has 2 atom stereocenters. The molecule has 4 nitrogen and oxygen atoms in total. The third kappa shape index (κ3) is 3.78. The summed E-state index contributed by atoms with van der Waals surface area (Å²) < 4.78 is 17.2. The van der Waals surface area contributed by atoms with Crippen LogP contribution in [-0.2, 0) is 9.53 Å². The topological polar surface area (TPSA) is 58.6 Å². The van der Waals surface area contributed by atoms with E-state index < -0.39 is 11.6 Å². The summed E-state index contributed by atoms with van der Waals surface area (Å²) in [6.07, 6.45) is 0. The molecule has 0 saturated carbocycles. The Morgan fingerprint density at radius 2 is 2.06 bits per heavy atom. The molecule has 0 aromatic heterocycles. The van der Waals surface area contributed by atoms with Crippen molar-refractivity contribution in [3.63, 3.8) is 0 Å². The Balaban J connectivity index is 2.58. The van der Waals surface area contributed by atoms with Crippen LogP contribution in [0.5, 0.6) is 0 Å². The zero-order valence-electron chi connectivity index (χ0n) is 10.7. The summed E-state index contributed by atoms with van der Waals surface area (Å²) in [5.41, 5.74) is -0.708. The number of halogens is 1. The molecule has 2 N–H and O–H groups in total. The first-order valence-corrected chi connectivity index (χ1v) is 5.66. The molecular weight excluding hydrogens is 237 g/mol. The summed E-state index contributed by atoms with van der Waals surface area (Å²) in [4.78, 5) is 11.3. The number of esters is 1. The van der Waals surface area contributed by atoms with E-state index >= 15 is 0 Å². The molecular formula is C13H18FNO3. The maximum Gasteiger partial charge on any atom is 0.338 e. The van der Waals surface area contributed by atoms with E-state index in [0.29, 0.717) is 0 Å². The minimum absolute atomic E-state index is 0.0538. The fraction of sp³-hybridized carbons (Fsp3) is 0.462. The van der Waals surface area contributed by atoms with Gasteiger partial charge in [-0.2, -0.15) is 0 Å².